The Kier molecular flexibility index (Phi) is 7.56. The summed E-state index contributed by atoms with van der Waals surface area (Å²) in [6, 6.07) is 59.1. The van der Waals surface area contributed by atoms with E-state index in [1.165, 1.54) is 15.9 Å². The number of nitrogens with zero attached hydrogens (tertiary/aromatic N) is 4. The monoisotopic (exact) mass is 670 g/mol. The van der Waals surface area contributed by atoms with Crippen LogP contribution in [-0.2, 0) is 0 Å². The van der Waals surface area contributed by atoms with Crippen LogP contribution in [0.4, 0.5) is 0 Å². The number of fused-ring (bicyclic) bond motifs is 3. The highest BCUT2D eigenvalue weighted by molar-refractivity contribution is 7.04. The first kappa shape index (κ1) is 30.7. The third-order valence-electron chi connectivity index (χ3n) is 9.88. The Morgan fingerprint density at radius 2 is 0.824 bits per heavy atom. The van der Waals surface area contributed by atoms with Crippen LogP contribution in [0.25, 0.3) is 78.9 Å². The topological polar surface area (TPSA) is 51.6 Å². The molecule has 3 heterocycles. The van der Waals surface area contributed by atoms with Crippen molar-refractivity contribution in [2.75, 3.05) is 0 Å². The molecule has 9 rings (SSSR count). The molecule has 4 nitrogen and oxygen atoms in total. The highest BCUT2D eigenvalue weighted by Gasteiger charge is 2.41. The Balaban J connectivity index is 1.15. The van der Waals surface area contributed by atoms with Crippen molar-refractivity contribution in [1.29, 1.82) is 0 Å². The van der Waals surface area contributed by atoms with Gasteiger partial charge < -0.3 is 0 Å². The van der Waals surface area contributed by atoms with Gasteiger partial charge >= 0.3 is 0 Å². The van der Waals surface area contributed by atoms with Gasteiger partial charge in [-0.05, 0) is 45.3 Å². The van der Waals surface area contributed by atoms with E-state index in [0.717, 1.165) is 67.5 Å². The molecule has 0 spiro atoms. The van der Waals surface area contributed by atoms with Gasteiger partial charge in [-0.3, -0.25) is 0 Å². The van der Waals surface area contributed by atoms with Gasteiger partial charge in [0.2, 0.25) is 0 Å². The fourth-order valence-corrected chi connectivity index (χ4v) is 10.5. The fraction of sp³-hybridized carbons (Fsp3) is 0.0435. The van der Waals surface area contributed by atoms with Gasteiger partial charge in [-0.15, -0.1) is 0 Å². The van der Waals surface area contributed by atoms with Gasteiger partial charge in [-0.2, -0.15) is 0 Å². The maximum absolute atomic E-state index is 5.35. The SMILES string of the molecule is C[Si]1(C)c2ccccc2-c2nc(-c3cccc(-c4cccc(-c5cc(-c6ccccc6)nc(-c6ccccc6)n5)c4)c3)nc(-c3ccccc3)c21. The summed E-state index contributed by atoms with van der Waals surface area (Å²) in [4.78, 5) is 20.7. The van der Waals surface area contributed by atoms with E-state index in [0.29, 0.717) is 5.82 Å². The van der Waals surface area contributed by atoms with Crippen LogP contribution in [0.3, 0.4) is 0 Å². The van der Waals surface area contributed by atoms with Gasteiger partial charge in [0, 0.05) is 27.8 Å². The smallest absolute Gasteiger partial charge is 0.160 e. The second-order valence-corrected chi connectivity index (χ2v) is 17.8. The van der Waals surface area contributed by atoms with Gasteiger partial charge in [0.25, 0.3) is 0 Å². The predicted molar refractivity (Wildman–Crippen MR) is 212 cm³/mol. The van der Waals surface area contributed by atoms with Gasteiger partial charge in [0.1, 0.15) is 8.07 Å². The highest BCUT2D eigenvalue weighted by atomic mass is 28.3. The van der Waals surface area contributed by atoms with Crippen LogP contribution in [0.1, 0.15) is 0 Å². The Morgan fingerprint density at radius 3 is 1.51 bits per heavy atom. The maximum atomic E-state index is 5.35. The van der Waals surface area contributed by atoms with E-state index in [1.54, 1.807) is 0 Å². The van der Waals surface area contributed by atoms with Crippen molar-refractivity contribution in [3.8, 4) is 78.9 Å². The number of rotatable bonds is 6. The second kappa shape index (κ2) is 12.5. The lowest BCUT2D eigenvalue weighted by Crippen LogP contribution is -2.50. The Bertz CT molecular complexity index is 2490. The number of hydrogen-bond acceptors (Lipinski definition) is 4. The van der Waals surface area contributed by atoms with Crippen LogP contribution in [0.2, 0.25) is 13.1 Å². The zero-order valence-electron chi connectivity index (χ0n) is 28.5. The normalized spacial score (nSPS) is 12.7. The lowest BCUT2D eigenvalue weighted by Gasteiger charge is -2.21. The Morgan fingerprint density at radius 1 is 0.353 bits per heavy atom. The summed E-state index contributed by atoms with van der Waals surface area (Å²) < 4.78 is 0. The van der Waals surface area contributed by atoms with E-state index < -0.39 is 8.07 Å². The number of benzene rings is 6. The maximum Gasteiger partial charge on any atom is 0.160 e. The zero-order chi connectivity index (χ0) is 34.4. The summed E-state index contributed by atoms with van der Waals surface area (Å²) in [6.45, 7) is 4.84. The number of aromatic nitrogens is 4. The first-order valence-corrected chi connectivity index (χ1v) is 20.3. The van der Waals surface area contributed by atoms with Crippen molar-refractivity contribution in [2.45, 2.75) is 13.1 Å². The molecule has 6 aromatic carbocycles. The van der Waals surface area contributed by atoms with Crippen LogP contribution in [-0.4, -0.2) is 28.0 Å². The Hall–Kier alpha value is -6.30. The largest absolute Gasteiger partial charge is 0.228 e. The second-order valence-electron chi connectivity index (χ2n) is 13.5. The molecule has 2 aromatic heterocycles. The Labute approximate surface area is 299 Å². The standard InChI is InChI=1S/C46H34N4Si/c1-51(2)41-27-13-12-26-38(41)43-44(51)42(32-18-8-4-9-19-32)49-46(50-43)37-25-15-23-35(29-37)34-22-14-24-36(28-34)40-30-39(31-16-6-3-7-17-31)47-45(48-40)33-20-10-5-11-21-33/h3-30H,1-2H3. The first-order valence-electron chi connectivity index (χ1n) is 17.3. The predicted octanol–water partition coefficient (Wildman–Crippen LogP) is 10.1. The molecule has 0 unspecified atom stereocenters. The van der Waals surface area contributed by atoms with Gasteiger partial charge in [-0.25, -0.2) is 19.9 Å². The van der Waals surface area contributed by atoms with Crippen molar-refractivity contribution >= 4 is 18.4 Å². The van der Waals surface area contributed by atoms with Crippen LogP contribution in [0.15, 0.2) is 170 Å². The molecular weight excluding hydrogens is 637 g/mol. The van der Waals surface area contributed by atoms with E-state index >= 15 is 0 Å². The third-order valence-corrected chi connectivity index (χ3v) is 13.4. The lowest BCUT2D eigenvalue weighted by molar-refractivity contribution is 1.18. The minimum atomic E-state index is -2.02. The summed E-state index contributed by atoms with van der Waals surface area (Å²) in [5.74, 6) is 1.44. The highest BCUT2D eigenvalue weighted by Crippen LogP contribution is 2.35. The molecule has 0 saturated carbocycles. The van der Waals surface area contributed by atoms with E-state index in [-0.39, 0.29) is 0 Å². The van der Waals surface area contributed by atoms with Gasteiger partial charge in [0.05, 0.1) is 22.8 Å². The molecule has 242 valence electrons. The zero-order valence-corrected chi connectivity index (χ0v) is 29.5. The fourth-order valence-electron chi connectivity index (χ4n) is 7.32. The molecule has 1 aliphatic heterocycles. The molecule has 0 amide bonds. The van der Waals surface area contributed by atoms with Crippen LogP contribution >= 0.6 is 0 Å². The third kappa shape index (κ3) is 5.58. The van der Waals surface area contributed by atoms with E-state index in [2.05, 4.69) is 147 Å². The van der Waals surface area contributed by atoms with E-state index in [9.17, 15) is 0 Å². The van der Waals surface area contributed by atoms with Crippen LogP contribution in [0, 0.1) is 0 Å². The summed E-state index contributed by atoms with van der Waals surface area (Å²) in [5, 5.41) is 2.74. The van der Waals surface area contributed by atoms with Crippen LogP contribution < -0.4 is 10.4 Å². The average molecular weight is 671 g/mol. The first-order chi connectivity index (χ1) is 25.0. The molecule has 0 atom stereocenters. The average Bonchev–Trinajstić information content (AvgIpc) is 3.44. The van der Waals surface area contributed by atoms with Crippen molar-refractivity contribution < 1.29 is 0 Å². The minimum Gasteiger partial charge on any atom is -0.228 e. The molecular formula is C46H34N4Si. The van der Waals surface area contributed by atoms with Crippen molar-refractivity contribution in [3.63, 3.8) is 0 Å². The molecule has 0 N–H and O–H groups in total. The van der Waals surface area contributed by atoms with Crippen molar-refractivity contribution in [2.24, 2.45) is 0 Å². The molecule has 0 radical (unpaired) electrons. The summed E-state index contributed by atoms with van der Waals surface area (Å²) in [7, 11) is -2.02. The molecule has 0 bridgehead atoms. The summed E-state index contributed by atoms with van der Waals surface area (Å²) in [5.41, 5.74) is 12.5. The van der Waals surface area contributed by atoms with Crippen LogP contribution in [0.5, 0.6) is 0 Å². The molecule has 8 aromatic rings. The quantitative estimate of drug-likeness (QED) is 0.165. The molecule has 0 aliphatic carbocycles. The van der Waals surface area contributed by atoms with Gasteiger partial charge in [0.15, 0.2) is 11.6 Å². The van der Waals surface area contributed by atoms with Crippen molar-refractivity contribution in [3.05, 3.63) is 170 Å². The minimum absolute atomic E-state index is 0.704. The molecule has 1 aliphatic rings. The molecule has 5 heteroatoms. The molecule has 0 saturated heterocycles. The molecule has 51 heavy (non-hydrogen) atoms. The summed E-state index contributed by atoms with van der Waals surface area (Å²) in [6.07, 6.45) is 0. The lowest BCUT2D eigenvalue weighted by atomic mass is 9.98. The van der Waals surface area contributed by atoms with E-state index in [1.807, 2.05) is 36.4 Å². The van der Waals surface area contributed by atoms with E-state index in [4.69, 9.17) is 19.9 Å². The van der Waals surface area contributed by atoms with Crippen molar-refractivity contribution in [1.82, 2.24) is 19.9 Å². The number of hydrogen-bond donors (Lipinski definition) is 0. The van der Waals surface area contributed by atoms with Gasteiger partial charge in [-0.1, -0.05) is 165 Å². The molecule has 0 fully saturated rings. The summed E-state index contributed by atoms with van der Waals surface area (Å²) >= 11 is 0.